The van der Waals surface area contributed by atoms with E-state index in [4.69, 9.17) is 18.9 Å². The second-order valence-corrected chi connectivity index (χ2v) is 9.91. The number of carbonyl (C=O) groups excluding carboxylic acids is 4. The Kier molecular flexibility index (Phi) is 12.8. The van der Waals surface area contributed by atoms with Crippen molar-refractivity contribution in [3.8, 4) is 0 Å². The third kappa shape index (κ3) is 9.42. The van der Waals surface area contributed by atoms with Crippen LogP contribution in [0, 0.1) is 0 Å². The van der Waals surface area contributed by atoms with Crippen molar-refractivity contribution in [1.29, 1.82) is 0 Å². The fraction of sp³-hybridized carbons (Fsp3) is 0.235. The van der Waals surface area contributed by atoms with Gasteiger partial charge < -0.3 is 39.8 Å². The number of aromatic carboxylic acids is 2. The van der Waals surface area contributed by atoms with Crippen molar-refractivity contribution >= 4 is 53.5 Å². The van der Waals surface area contributed by atoms with Gasteiger partial charge in [-0.15, -0.1) is 0 Å². The summed E-state index contributed by atoms with van der Waals surface area (Å²) in [5, 5.41) is 24.8. The minimum atomic E-state index is -1.43. The largest absolute Gasteiger partial charge is 0.508 e. The first-order valence-electron chi connectivity index (χ1n) is 14.7. The fourth-order valence-electron chi connectivity index (χ4n) is 4.48. The molecule has 252 valence electrons. The number of hydrogen-bond donors (Lipinski definition) is 4. The van der Waals surface area contributed by atoms with Gasteiger partial charge in [0.1, 0.15) is 17.8 Å². The van der Waals surface area contributed by atoms with Crippen LogP contribution in [-0.2, 0) is 28.5 Å². The van der Waals surface area contributed by atoms with Gasteiger partial charge in [0, 0.05) is 11.1 Å². The van der Waals surface area contributed by atoms with Crippen molar-refractivity contribution in [2.24, 2.45) is 0 Å². The zero-order chi connectivity index (χ0) is 35.4. The Labute approximate surface area is 275 Å². The lowest BCUT2D eigenvalue weighted by Gasteiger charge is -2.21. The zero-order valence-electron chi connectivity index (χ0n) is 26.5. The molecule has 3 aromatic rings. The van der Waals surface area contributed by atoms with E-state index in [1.54, 1.807) is 44.2 Å². The van der Waals surface area contributed by atoms with Crippen molar-refractivity contribution in [2.45, 2.75) is 39.9 Å². The summed E-state index contributed by atoms with van der Waals surface area (Å²) in [5.41, 5.74) is -1.27. The van der Waals surface area contributed by atoms with Crippen LogP contribution in [0.4, 0.5) is 21.0 Å². The molecule has 0 aliphatic carbocycles. The van der Waals surface area contributed by atoms with Gasteiger partial charge in [0.05, 0.1) is 35.7 Å². The number of para-hydroxylation sites is 2. The second-order valence-electron chi connectivity index (χ2n) is 9.91. The maximum atomic E-state index is 13.9. The van der Waals surface area contributed by atoms with Crippen molar-refractivity contribution in [3.63, 3.8) is 0 Å². The molecule has 3 aromatic carbocycles. The summed E-state index contributed by atoms with van der Waals surface area (Å²) < 4.78 is 20.1. The molecular weight excluding hydrogens is 628 g/mol. The average molecular weight is 663 g/mol. The predicted octanol–water partition coefficient (Wildman–Crippen LogP) is 6.21. The number of carbonyl (C=O) groups is 6. The third-order valence-corrected chi connectivity index (χ3v) is 6.68. The Morgan fingerprint density at radius 1 is 0.646 bits per heavy atom. The Bertz CT molecular complexity index is 1610. The maximum absolute atomic E-state index is 13.9. The number of hydrogen-bond acceptors (Lipinski definition) is 10. The average Bonchev–Trinajstić information content (AvgIpc) is 3.04. The van der Waals surface area contributed by atoms with Gasteiger partial charge >= 0.3 is 24.2 Å². The molecule has 0 heterocycles. The topological polar surface area (TPSA) is 204 Å². The van der Waals surface area contributed by atoms with Crippen LogP contribution in [0.5, 0.6) is 0 Å². The highest BCUT2D eigenvalue weighted by molar-refractivity contribution is 6.29. The van der Waals surface area contributed by atoms with Gasteiger partial charge in [-0.2, -0.15) is 0 Å². The predicted molar refractivity (Wildman–Crippen MR) is 172 cm³/mol. The highest BCUT2D eigenvalue weighted by Gasteiger charge is 2.28. The van der Waals surface area contributed by atoms with Gasteiger partial charge in [-0.3, -0.25) is 9.59 Å². The first-order valence-corrected chi connectivity index (χ1v) is 14.7. The van der Waals surface area contributed by atoms with Gasteiger partial charge in [0.15, 0.2) is 0 Å². The lowest BCUT2D eigenvalue weighted by molar-refractivity contribution is -0.118. The first kappa shape index (κ1) is 36.3. The molecule has 2 unspecified atom stereocenters. The Morgan fingerprint density at radius 3 is 1.44 bits per heavy atom. The molecule has 3 rings (SSSR count). The molecule has 0 saturated carbocycles. The van der Waals surface area contributed by atoms with Crippen LogP contribution >= 0.6 is 0 Å². The molecule has 2 amide bonds. The number of rotatable bonds is 13. The van der Waals surface area contributed by atoms with E-state index in [2.05, 4.69) is 10.6 Å². The molecule has 48 heavy (non-hydrogen) atoms. The molecule has 0 aromatic heterocycles. The number of carboxylic acids is 2. The van der Waals surface area contributed by atoms with Crippen molar-refractivity contribution < 1.29 is 57.9 Å². The highest BCUT2D eigenvalue weighted by Crippen LogP contribution is 2.32. The molecule has 0 fully saturated rings. The van der Waals surface area contributed by atoms with Gasteiger partial charge in [0.2, 0.25) is 0 Å². The Balaban J connectivity index is 2.10. The van der Waals surface area contributed by atoms with Crippen molar-refractivity contribution in [1.82, 2.24) is 0 Å². The summed E-state index contributed by atoms with van der Waals surface area (Å²) in [4.78, 5) is 76.2. The minimum Gasteiger partial charge on any atom is -0.478 e. The summed E-state index contributed by atoms with van der Waals surface area (Å²) in [6, 6.07) is 16.2. The molecule has 2 atom stereocenters. The molecule has 4 N–H and O–H groups in total. The maximum Gasteiger partial charge on any atom is 0.508 e. The Hall–Kier alpha value is -6.18. The lowest BCUT2D eigenvalue weighted by atomic mass is 10.0. The normalized spacial score (nSPS) is 11.6. The lowest BCUT2D eigenvalue weighted by Crippen LogP contribution is -2.28. The summed E-state index contributed by atoms with van der Waals surface area (Å²) in [5.74, 6) is -5.02. The van der Waals surface area contributed by atoms with Crippen LogP contribution in [0.3, 0.4) is 0 Å². The van der Waals surface area contributed by atoms with E-state index in [0.29, 0.717) is 5.56 Å². The van der Waals surface area contributed by atoms with E-state index in [9.17, 15) is 39.0 Å². The van der Waals surface area contributed by atoms with Crippen molar-refractivity contribution in [2.75, 3.05) is 23.8 Å². The number of benzene rings is 3. The number of anilines is 2. The van der Waals surface area contributed by atoms with Gasteiger partial charge in [-0.1, -0.05) is 54.6 Å². The van der Waals surface area contributed by atoms with E-state index in [-0.39, 0.29) is 46.8 Å². The molecule has 14 nitrogen and oxygen atoms in total. The summed E-state index contributed by atoms with van der Waals surface area (Å²) >= 11 is 0. The number of amides is 2. The minimum absolute atomic E-state index is 0.0213. The van der Waals surface area contributed by atoms with E-state index < -0.39 is 53.8 Å². The molecule has 0 saturated heterocycles. The third-order valence-electron chi connectivity index (χ3n) is 6.68. The van der Waals surface area contributed by atoms with Crippen LogP contribution in [-0.4, -0.2) is 59.5 Å². The number of ether oxygens (including phenoxy) is 4. The molecule has 0 spiro atoms. The molecule has 14 heteroatoms. The second kappa shape index (κ2) is 16.9. The van der Waals surface area contributed by atoms with Crippen LogP contribution in [0.1, 0.15) is 77.3 Å². The molecule has 0 aliphatic heterocycles. The van der Waals surface area contributed by atoms with E-state index in [0.717, 1.165) is 0 Å². The molecular formula is C34H34N2O12. The van der Waals surface area contributed by atoms with E-state index in [1.807, 2.05) is 0 Å². The van der Waals surface area contributed by atoms with Gasteiger partial charge in [-0.25, -0.2) is 19.2 Å². The van der Waals surface area contributed by atoms with Crippen LogP contribution in [0.2, 0.25) is 0 Å². The van der Waals surface area contributed by atoms with Crippen molar-refractivity contribution in [3.05, 3.63) is 100 Å². The number of carboxylic acid groups (broad SMARTS) is 2. The van der Waals surface area contributed by atoms with E-state index >= 15 is 0 Å². The Morgan fingerprint density at radius 2 is 1.06 bits per heavy atom. The molecule has 0 aliphatic rings. The molecule has 0 radical (unpaired) electrons. The highest BCUT2D eigenvalue weighted by atomic mass is 16.7. The van der Waals surface area contributed by atoms with Crippen LogP contribution < -0.4 is 10.6 Å². The standard InChI is InChI=1S/C34H34N2O12/c1-5-45-33(43)47-19(3)22-14-10-16-24(31(39)40)27(22)35-29(37)26(18-21-12-8-7-9-13-21)30(38)36-28-23(15-11-17-25(28)32(41)42)20(4)48-34(44)46-6-2/h7-20H,5-6H2,1-4H3,(H,35,37)(H,36,38)(H,39,40)(H,41,42). The summed E-state index contributed by atoms with van der Waals surface area (Å²) in [6.45, 7) is 6.05. The van der Waals surface area contributed by atoms with Gasteiger partial charge in [0.25, 0.3) is 11.8 Å². The van der Waals surface area contributed by atoms with E-state index in [1.165, 1.54) is 56.3 Å². The number of nitrogens with one attached hydrogen (secondary N) is 2. The zero-order valence-corrected chi connectivity index (χ0v) is 26.5. The SMILES string of the molecule is CCOC(=O)OC(C)c1cccc(C(=O)O)c1NC(=O)C(=Cc1ccccc1)C(=O)Nc1c(C(=O)O)cccc1C(C)OC(=O)OCC. The van der Waals surface area contributed by atoms with Gasteiger partial charge in [-0.05, 0) is 51.5 Å². The first-order chi connectivity index (χ1) is 22.9. The monoisotopic (exact) mass is 662 g/mol. The quantitative estimate of drug-likeness (QED) is 0.0698. The van der Waals surface area contributed by atoms with Crippen LogP contribution in [0.15, 0.2) is 72.3 Å². The summed E-state index contributed by atoms with van der Waals surface area (Å²) in [6.07, 6.45) is -3.03. The smallest absolute Gasteiger partial charge is 0.478 e. The summed E-state index contributed by atoms with van der Waals surface area (Å²) in [7, 11) is 0. The fourth-order valence-corrected chi connectivity index (χ4v) is 4.48. The molecule has 0 bridgehead atoms. The van der Waals surface area contributed by atoms with Crippen LogP contribution in [0.25, 0.3) is 6.08 Å².